The molecule has 3 heteroatoms. The number of aryl methyl sites for hydroxylation is 1. The normalized spacial score (nSPS) is 15.9. The molecule has 1 heterocycles. The highest BCUT2D eigenvalue weighted by Gasteiger charge is 2.26. The zero-order chi connectivity index (χ0) is 20.9. The quantitative estimate of drug-likeness (QED) is 0.333. The van der Waals surface area contributed by atoms with Gasteiger partial charge in [0.1, 0.15) is 0 Å². The Morgan fingerprint density at radius 3 is 2.52 bits per heavy atom. The van der Waals surface area contributed by atoms with Crippen LogP contribution < -0.4 is 0 Å². The minimum Gasteiger partial charge on any atom is -0.478 e. The number of benzene rings is 4. The lowest BCUT2D eigenvalue weighted by Crippen LogP contribution is -2.13. The van der Waals surface area contributed by atoms with Crippen molar-refractivity contribution in [3.05, 3.63) is 101 Å². The van der Waals surface area contributed by atoms with E-state index >= 15 is 0 Å². The molecular formula is C28H21NO2. The molecule has 1 aromatic heterocycles. The molecule has 1 unspecified atom stereocenters. The number of rotatable bonds is 2. The van der Waals surface area contributed by atoms with Crippen LogP contribution in [0.5, 0.6) is 0 Å². The monoisotopic (exact) mass is 403 g/mol. The van der Waals surface area contributed by atoms with Crippen LogP contribution in [0.4, 0.5) is 0 Å². The van der Waals surface area contributed by atoms with Gasteiger partial charge in [0.2, 0.25) is 0 Å². The van der Waals surface area contributed by atoms with Gasteiger partial charge in [0.05, 0.1) is 11.1 Å². The molecule has 1 atom stereocenters. The first kappa shape index (κ1) is 18.1. The summed E-state index contributed by atoms with van der Waals surface area (Å²) >= 11 is 0. The molecule has 0 spiro atoms. The minimum absolute atomic E-state index is 0.167. The topological polar surface area (TPSA) is 50.2 Å². The summed E-state index contributed by atoms with van der Waals surface area (Å²) in [6.45, 7) is 0. The number of carbonyl (C=O) groups is 1. The Kier molecular flexibility index (Phi) is 4.03. The molecule has 1 aliphatic carbocycles. The summed E-state index contributed by atoms with van der Waals surface area (Å²) in [7, 11) is 0. The largest absolute Gasteiger partial charge is 0.478 e. The van der Waals surface area contributed by atoms with Crippen molar-refractivity contribution in [3.63, 3.8) is 0 Å². The average molecular weight is 403 g/mol. The standard InChI is InChI=1S/C28H21NO2/c30-28(31)24-10-4-7-19-13-16-25(29-27(19)24)23-9-3-6-18-12-14-21-20-8-2-1-5-17(20)11-15-22(21)26(18)23/h1-2,4-5,7-8,10-16,23H,3,6,9H2,(H,30,31). The van der Waals surface area contributed by atoms with Crippen molar-refractivity contribution in [2.24, 2.45) is 0 Å². The van der Waals surface area contributed by atoms with E-state index in [2.05, 4.69) is 54.6 Å². The number of fused-ring (bicyclic) bond motifs is 6. The second-order valence-electron chi connectivity index (χ2n) is 8.38. The summed E-state index contributed by atoms with van der Waals surface area (Å²) in [4.78, 5) is 16.7. The molecular weight excluding hydrogens is 382 g/mol. The number of carboxylic acids is 1. The molecule has 3 nitrogen and oxygen atoms in total. The highest BCUT2D eigenvalue weighted by Crippen LogP contribution is 2.42. The number of hydrogen-bond donors (Lipinski definition) is 1. The summed E-state index contributed by atoms with van der Waals surface area (Å²) in [5, 5.41) is 15.6. The van der Waals surface area contributed by atoms with Gasteiger partial charge in [-0.1, -0.05) is 66.7 Å². The predicted molar refractivity (Wildman–Crippen MR) is 125 cm³/mol. The molecule has 0 amide bonds. The lowest BCUT2D eigenvalue weighted by atomic mass is 9.77. The van der Waals surface area contributed by atoms with Crippen molar-refractivity contribution in [1.82, 2.24) is 4.98 Å². The highest BCUT2D eigenvalue weighted by atomic mass is 16.4. The molecule has 31 heavy (non-hydrogen) atoms. The first-order valence-corrected chi connectivity index (χ1v) is 10.8. The highest BCUT2D eigenvalue weighted by molar-refractivity contribution is 6.09. The van der Waals surface area contributed by atoms with Gasteiger partial charge in [-0.2, -0.15) is 0 Å². The molecule has 1 N–H and O–H groups in total. The second-order valence-corrected chi connectivity index (χ2v) is 8.38. The van der Waals surface area contributed by atoms with Crippen LogP contribution in [0.25, 0.3) is 32.4 Å². The van der Waals surface area contributed by atoms with Crippen molar-refractivity contribution in [2.75, 3.05) is 0 Å². The van der Waals surface area contributed by atoms with Gasteiger partial charge in [0.15, 0.2) is 0 Å². The number of para-hydroxylation sites is 1. The van der Waals surface area contributed by atoms with Crippen molar-refractivity contribution in [1.29, 1.82) is 0 Å². The van der Waals surface area contributed by atoms with Gasteiger partial charge in [-0.3, -0.25) is 4.98 Å². The van der Waals surface area contributed by atoms with Crippen LogP contribution in [0, 0.1) is 0 Å². The summed E-state index contributed by atoms with van der Waals surface area (Å²) < 4.78 is 0. The van der Waals surface area contributed by atoms with Crippen molar-refractivity contribution >= 4 is 38.4 Å². The summed E-state index contributed by atoms with van der Waals surface area (Å²) in [5.41, 5.74) is 4.54. The first-order chi connectivity index (χ1) is 15.2. The molecule has 6 rings (SSSR count). The Bertz CT molecular complexity index is 1500. The third-order valence-corrected chi connectivity index (χ3v) is 6.67. The van der Waals surface area contributed by atoms with Crippen LogP contribution in [0.15, 0.2) is 78.9 Å². The fourth-order valence-corrected chi connectivity index (χ4v) is 5.25. The minimum atomic E-state index is -0.934. The van der Waals surface area contributed by atoms with Gasteiger partial charge in [-0.05, 0) is 64.1 Å². The van der Waals surface area contributed by atoms with E-state index in [1.165, 1.54) is 32.7 Å². The molecule has 0 aliphatic heterocycles. The van der Waals surface area contributed by atoms with Crippen LogP contribution in [-0.2, 0) is 6.42 Å². The summed E-state index contributed by atoms with van der Waals surface area (Å²) in [5.74, 6) is -0.768. The maximum atomic E-state index is 11.8. The van der Waals surface area contributed by atoms with Crippen LogP contribution in [-0.4, -0.2) is 16.1 Å². The summed E-state index contributed by atoms with van der Waals surface area (Å²) in [6.07, 6.45) is 3.20. The fourth-order valence-electron chi connectivity index (χ4n) is 5.25. The molecule has 4 aromatic carbocycles. The molecule has 0 radical (unpaired) electrons. The zero-order valence-electron chi connectivity index (χ0n) is 17.0. The average Bonchev–Trinajstić information content (AvgIpc) is 2.82. The third-order valence-electron chi connectivity index (χ3n) is 6.67. The molecule has 150 valence electrons. The molecule has 1 aliphatic rings. The smallest absolute Gasteiger partial charge is 0.337 e. The van der Waals surface area contributed by atoms with E-state index in [1.54, 1.807) is 12.1 Å². The summed E-state index contributed by atoms with van der Waals surface area (Å²) in [6, 6.07) is 26.9. The van der Waals surface area contributed by atoms with Crippen molar-refractivity contribution < 1.29 is 9.90 Å². The lowest BCUT2D eigenvalue weighted by molar-refractivity contribution is 0.0699. The second kappa shape index (κ2) is 6.92. The predicted octanol–water partition coefficient (Wildman–Crippen LogP) is 6.71. The van der Waals surface area contributed by atoms with Crippen molar-refractivity contribution in [2.45, 2.75) is 25.2 Å². The fraction of sp³-hybridized carbons (Fsp3) is 0.143. The van der Waals surface area contributed by atoms with E-state index in [-0.39, 0.29) is 11.5 Å². The van der Waals surface area contributed by atoms with Crippen LogP contribution >= 0.6 is 0 Å². The van der Waals surface area contributed by atoms with Gasteiger partial charge in [-0.15, -0.1) is 0 Å². The zero-order valence-corrected chi connectivity index (χ0v) is 17.0. The molecule has 5 aromatic rings. The Balaban J connectivity index is 1.61. The van der Waals surface area contributed by atoms with Gasteiger partial charge in [-0.25, -0.2) is 4.79 Å². The van der Waals surface area contributed by atoms with E-state index in [9.17, 15) is 9.90 Å². The molecule has 0 saturated carbocycles. The number of nitrogens with zero attached hydrogens (tertiary/aromatic N) is 1. The Morgan fingerprint density at radius 2 is 1.61 bits per heavy atom. The van der Waals surface area contributed by atoms with E-state index < -0.39 is 5.97 Å². The Morgan fingerprint density at radius 1 is 0.806 bits per heavy atom. The van der Waals surface area contributed by atoms with Crippen LogP contribution in [0.2, 0.25) is 0 Å². The third kappa shape index (κ3) is 2.81. The van der Waals surface area contributed by atoms with Crippen LogP contribution in [0.1, 0.15) is 45.9 Å². The molecule has 0 saturated heterocycles. The van der Waals surface area contributed by atoms with Gasteiger partial charge >= 0.3 is 5.97 Å². The van der Waals surface area contributed by atoms with E-state index in [4.69, 9.17) is 4.98 Å². The van der Waals surface area contributed by atoms with Gasteiger partial charge in [0.25, 0.3) is 0 Å². The van der Waals surface area contributed by atoms with Gasteiger partial charge < -0.3 is 5.11 Å². The number of aromatic nitrogens is 1. The van der Waals surface area contributed by atoms with E-state index in [0.29, 0.717) is 5.52 Å². The Labute approximate surface area is 180 Å². The van der Waals surface area contributed by atoms with Gasteiger partial charge in [0, 0.05) is 17.0 Å². The number of pyridine rings is 1. The SMILES string of the molecule is O=C(O)c1cccc2ccc(C3CCCc4ccc5c(ccc6ccccc65)c43)nc12. The first-order valence-electron chi connectivity index (χ1n) is 10.8. The molecule has 0 bridgehead atoms. The van der Waals surface area contributed by atoms with Crippen LogP contribution in [0.3, 0.4) is 0 Å². The molecule has 0 fully saturated rings. The van der Waals surface area contributed by atoms with E-state index in [0.717, 1.165) is 30.3 Å². The number of hydrogen-bond acceptors (Lipinski definition) is 2. The van der Waals surface area contributed by atoms with Crippen molar-refractivity contribution in [3.8, 4) is 0 Å². The Hall–Kier alpha value is -3.72. The number of aromatic carboxylic acids is 1. The maximum absolute atomic E-state index is 11.8. The lowest BCUT2D eigenvalue weighted by Gasteiger charge is -2.27. The maximum Gasteiger partial charge on any atom is 0.337 e. The van der Waals surface area contributed by atoms with E-state index in [1.807, 2.05) is 12.1 Å². The number of carboxylic acid groups (broad SMARTS) is 1.